The molecule has 0 atom stereocenters. The highest BCUT2D eigenvalue weighted by molar-refractivity contribution is 6.03. The number of amides is 3. The summed E-state index contributed by atoms with van der Waals surface area (Å²) in [5.41, 5.74) is 6.67. The van der Waals surface area contributed by atoms with Crippen LogP contribution in [0.5, 0.6) is 5.75 Å². The summed E-state index contributed by atoms with van der Waals surface area (Å²) in [6.45, 7) is 5.96. The van der Waals surface area contributed by atoms with E-state index in [4.69, 9.17) is 10.5 Å². The summed E-state index contributed by atoms with van der Waals surface area (Å²) >= 11 is 0. The van der Waals surface area contributed by atoms with Crippen LogP contribution in [0.3, 0.4) is 0 Å². The van der Waals surface area contributed by atoms with Gasteiger partial charge in [0.05, 0.1) is 24.7 Å². The van der Waals surface area contributed by atoms with Crippen LogP contribution in [0.25, 0.3) is 10.9 Å². The van der Waals surface area contributed by atoms with E-state index in [1.54, 1.807) is 21.9 Å². The Hall–Kier alpha value is -3.16. The second kappa shape index (κ2) is 9.11. The van der Waals surface area contributed by atoms with Gasteiger partial charge < -0.3 is 20.3 Å². The van der Waals surface area contributed by atoms with E-state index in [1.807, 2.05) is 26.0 Å². The minimum Gasteiger partial charge on any atom is -0.495 e. The van der Waals surface area contributed by atoms with Crippen LogP contribution in [-0.2, 0) is 16.0 Å². The zero-order valence-corrected chi connectivity index (χ0v) is 17.7. The highest BCUT2D eigenvalue weighted by Crippen LogP contribution is 2.31. The van der Waals surface area contributed by atoms with Crippen LogP contribution in [-0.4, -0.2) is 65.8 Å². The summed E-state index contributed by atoms with van der Waals surface area (Å²) in [5, 5.41) is 0.669. The molecule has 8 heteroatoms. The molecule has 1 aromatic heterocycles. The number of piperazine rings is 1. The Bertz CT molecular complexity index is 965. The van der Waals surface area contributed by atoms with Crippen molar-refractivity contribution in [2.75, 3.05) is 33.3 Å². The number of hydrogen-bond donors (Lipinski definition) is 1. The van der Waals surface area contributed by atoms with E-state index in [9.17, 15) is 14.4 Å². The van der Waals surface area contributed by atoms with Gasteiger partial charge >= 0.3 is 0 Å². The van der Waals surface area contributed by atoms with Gasteiger partial charge in [0.15, 0.2) is 0 Å². The molecule has 0 aliphatic carbocycles. The second-order valence-corrected chi connectivity index (χ2v) is 7.88. The summed E-state index contributed by atoms with van der Waals surface area (Å²) in [6, 6.07) is 7.25. The Kier molecular flexibility index (Phi) is 6.54. The number of nitrogens with zero attached hydrogens (tertiary/aromatic N) is 3. The molecule has 2 heterocycles. The number of fused-ring (bicyclic) bond motifs is 1. The van der Waals surface area contributed by atoms with E-state index < -0.39 is 5.91 Å². The normalized spacial score (nSPS) is 14.3. The summed E-state index contributed by atoms with van der Waals surface area (Å²) in [5.74, 6) is -0.0808. The zero-order chi connectivity index (χ0) is 21.8. The Balaban J connectivity index is 1.78. The third-order valence-electron chi connectivity index (χ3n) is 5.26. The van der Waals surface area contributed by atoms with Crippen molar-refractivity contribution in [1.29, 1.82) is 0 Å². The number of carbonyl (C=O) groups is 3. The fourth-order valence-corrected chi connectivity index (χ4v) is 3.76. The van der Waals surface area contributed by atoms with Gasteiger partial charge in [-0.2, -0.15) is 0 Å². The Morgan fingerprint density at radius 1 is 1.07 bits per heavy atom. The molecule has 8 nitrogen and oxygen atoms in total. The molecule has 0 radical (unpaired) electrons. The molecule has 3 amide bonds. The Morgan fingerprint density at radius 3 is 2.23 bits per heavy atom. The quantitative estimate of drug-likeness (QED) is 0.776. The van der Waals surface area contributed by atoms with Crippen LogP contribution < -0.4 is 10.5 Å². The molecule has 3 rings (SSSR count). The van der Waals surface area contributed by atoms with E-state index in [1.165, 1.54) is 7.11 Å². The highest BCUT2D eigenvalue weighted by Gasteiger charge is 2.27. The molecule has 1 aromatic carbocycles. The number of nitrogens with two attached hydrogens (primary N) is 1. The van der Waals surface area contributed by atoms with Gasteiger partial charge in [-0.3, -0.25) is 19.4 Å². The summed E-state index contributed by atoms with van der Waals surface area (Å²) in [6.07, 6.45) is 0.454. The number of primary amides is 1. The van der Waals surface area contributed by atoms with Crippen molar-refractivity contribution in [2.24, 2.45) is 11.7 Å². The van der Waals surface area contributed by atoms with Crippen molar-refractivity contribution in [3.63, 3.8) is 0 Å². The SMILES string of the molecule is COc1c(C(N)=O)c(CC(=O)N2CCN(C(=O)CC(C)C)CC2)nc2ccccc12. The third-order valence-corrected chi connectivity index (χ3v) is 5.26. The van der Waals surface area contributed by atoms with Gasteiger partial charge in [0.2, 0.25) is 11.8 Å². The van der Waals surface area contributed by atoms with Crippen molar-refractivity contribution in [3.05, 3.63) is 35.5 Å². The fourth-order valence-electron chi connectivity index (χ4n) is 3.76. The van der Waals surface area contributed by atoms with Gasteiger partial charge in [-0.05, 0) is 18.1 Å². The number of aromatic nitrogens is 1. The lowest BCUT2D eigenvalue weighted by atomic mass is 10.0. The van der Waals surface area contributed by atoms with E-state index >= 15 is 0 Å². The molecular formula is C22H28N4O4. The molecule has 1 aliphatic rings. The van der Waals surface area contributed by atoms with Crippen LogP contribution in [0, 0.1) is 5.92 Å². The predicted molar refractivity (Wildman–Crippen MR) is 113 cm³/mol. The molecule has 0 saturated carbocycles. The summed E-state index contributed by atoms with van der Waals surface area (Å²) < 4.78 is 5.45. The van der Waals surface area contributed by atoms with Gasteiger partial charge in [0.1, 0.15) is 11.3 Å². The highest BCUT2D eigenvalue weighted by atomic mass is 16.5. The number of hydrogen-bond acceptors (Lipinski definition) is 5. The molecule has 1 saturated heterocycles. The van der Waals surface area contributed by atoms with Crippen molar-refractivity contribution in [3.8, 4) is 5.75 Å². The molecule has 0 bridgehead atoms. The predicted octanol–water partition coefficient (Wildman–Crippen LogP) is 1.60. The van der Waals surface area contributed by atoms with Crippen LogP contribution >= 0.6 is 0 Å². The van der Waals surface area contributed by atoms with E-state index in [0.717, 1.165) is 0 Å². The maximum atomic E-state index is 12.9. The smallest absolute Gasteiger partial charge is 0.254 e. The minimum absolute atomic E-state index is 0.0561. The minimum atomic E-state index is -0.683. The number of rotatable bonds is 6. The van der Waals surface area contributed by atoms with Gasteiger partial charge in [-0.1, -0.05) is 26.0 Å². The van der Waals surface area contributed by atoms with Crippen molar-refractivity contribution in [2.45, 2.75) is 26.7 Å². The monoisotopic (exact) mass is 412 g/mol. The lowest BCUT2D eigenvalue weighted by Crippen LogP contribution is -2.51. The standard InChI is InChI=1S/C22H28N4O4/c1-14(2)12-18(27)25-8-10-26(11-9-25)19(28)13-17-20(22(23)29)21(30-3)15-6-4-5-7-16(15)24-17/h4-7,14H,8-13H2,1-3H3,(H2,23,29). The van der Waals surface area contributed by atoms with E-state index in [0.29, 0.717) is 60.9 Å². The first-order chi connectivity index (χ1) is 14.3. The first-order valence-electron chi connectivity index (χ1n) is 10.1. The molecule has 2 N–H and O–H groups in total. The van der Waals surface area contributed by atoms with Crippen molar-refractivity contribution >= 4 is 28.6 Å². The third kappa shape index (κ3) is 4.53. The Morgan fingerprint density at radius 2 is 1.67 bits per heavy atom. The molecule has 0 spiro atoms. The molecule has 30 heavy (non-hydrogen) atoms. The number of ether oxygens (including phenoxy) is 1. The zero-order valence-electron chi connectivity index (χ0n) is 17.7. The number of para-hydroxylation sites is 1. The maximum Gasteiger partial charge on any atom is 0.254 e. The molecule has 1 fully saturated rings. The van der Waals surface area contributed by atoms with Crippen molar-refractivity contribution < 1.29 is 19.1 Å². The number of carbonyl (C=O) groups excluding carboxylic acids is 3. The lowest BCUT2D eigenvalue weighted by Gasteiger charge is -2.35. The second-order valence-electron chi connectivity index (χ2n) is 7.88. The lowest BCUT2D eigenvalue weighted by molar-refractivity contribution is -0.139. The maximum absolute atomic E-state index is 12.9. The molecule has 2 aromatic rings. The summed E-state index contributed by atoms with van der Waals surface area (Å²) in [4.78, 5) is 45.3. The first-order valence-corrected chi connectivity index (χ1v) is 10.1. The molecule has 160 valence electrons. The van der Waals surface area contributed by atoms with Crippen LogP contribution in [0.4, 0.5) is 0 Å². The molecule has 1 aliphatic heterocycles. The van der Waals surface area contributed by atoms with Gasteiger partial charge in [-0.25, -0.2) is 0 Å². The van der Waals surface area contributed by atoms with Crippen molar-refractivity contribution in [1.82, 2.24) is 14.8 Å². The Labute approximate surface area is 176 Å². The fraction of sp³-hybridized carbons (Fsp3) is 0.455. The van der Waals surface area contributed by atoms with Gasteiger partial charge in [0.25, 0.3) is 5.91 Å². The average molecular weight is 412 g/mol. The van der Waals surface area contributed by atoms with E-state index in [-0.39, 0.29) is 23.8 Å². The first kappa shape index (κ1) is 21.5. The van der Waals surface area contributed by atoms with E-state index in [2.05, 4.69) is 4.98 Å². The van der Waals surface area contributed by atoms with Crippen LogP contribution in [0.2, 0.25) is 0 Å². The molecular weight excluding hydrogens is 384 g/mol. The van der Waals surface area contributed by atoms with Crippen LogP contribution in [0.15, 0.2) is 24.3 Å². The average Bonchev–Trinajstić information content (AvgIpc) is 2.72. The largest absolute Gasteiger partial charge is 0.495 e. The topological polar surface area (TPSA) is 106 Å². The van der Waals surface area contributed by atoms with Crippen LogP contribution in [0.1, 0.15) is 36.3 Å². The number of methoxy groups -OCH3 is 1. The van der Waals surface area contributed by atoms with Gasteiger partial charge in [0, 0.05) is 38.0 Å². The van der Waals surface area contributed by atoms with Gasteiger partial charge in [-0.15, -0.1) is 0 Å². The number of pyridine rings is 1. The number of benzene rings is 1. The summed E-state index contributed by atoms with van der Waals surface area (Å²) in [7, 11) is 1.47. The molecule has 0 unspecified atom stereocenters.